The predicted molar refractivity (Wildman–Crippen MR) is 81.3 cm³/mol. The molecule has 1 fully saturated rings. The Labute approximate surface area is 121 Å². The smallest absolute Gasteiger partial charge is 0.315 e. The summed E-state index contributed by atoms with van der Waals surface area (Å²) in [7, 11) is 2.13. The normalized spacial score (nSPS) is 22.4. The fourth-order valence-corrected chi connectivity index (χ4v) is 3.31. The number of primary amides is 1. The highest BCUT2D eigenvalue weighted by Gasteiger charge is 2.39. The molecule has 0 saturated carbocycles. The molecule has 1 aliphatic rings. The van der Waals surface area contributed by atoms with Gasteiger partial charge in [0.1, 0.15) is 0 Å². The van der Waals surface area contributed by atoms with Crippen molar-refractivity contribution in [3.8, 4) is 0 Å². The molecule has 2 N–H and O–H groups in total. The Kier molecular flexibility index (Phi) is 4.33. The van der Waals surface area contributed by atoms with Crippen LogP contribution >= 0.6 is 0 Å². The van der Waals surface area contributed by atoms with Gasteiger partial charge in [0.05, 0.1) is 0 Å². The first-order valence-corrected chi connectivity index (χ1v) is 7.19. The first kappa shape index (κ1) is 14.9. The number of likely N-dealkylation sites (tertiary alicyclic amines) is 1. The summed E-state index contributed by atoms with van der Waals surface area (Å²) in [4.78, 5) is 16.1. The number of hydrogen-bond acceptors (Lipinski definition) is 2. The molecule has 1 aromatic rings. The van der Waals surface area contributed by atoms with Crippen LogP contribution in [0.2, 0.25) is 0 Å². The maximum absolute atomic E-state index is 11.9. The zero-order chi connectivity index (χ0) is 14.8. The van der Waals surface area contributed by atoms with Gasteiger partial charge in [-0.05, 0) is 31.0 Å². The summed E-state index contributed by atoms with van der Waals surface area (Å²) in [5.41, 5.74) is 6.82. The number of carbonyl (C=O) groups is 1. The molecule has 0 aliphatic carbocycles. The van der Waals surface area contributed by atoms with Crippen molar-refractivity contribution in [3.05, 3.63) is 35.9 Å². The van der Waals surface area contributed by atoms with Crippen LogP contribution in [-0.2, 0) is 6.54 Å². The molecule has 1 aromatic carbocycles. The number of benzene rings is 1. The number of hydrogen-bond donors (Lipinski definition) is 1. The van der Waals surface area contributed by atoms with Gasteiger partial charge in [-0.2, -0.15) is 0 Å². The fourth-order valence-electron chi connectivity index (χ4n) is 3.31. The quantitative estimate of drug-likeness (QED) is 0.920. The highest BCUT2D eigenvalue weighted by molar-refractivity contribution is 5.72. The minimum atomic E-state index is -0.323. The molecule has 1 saturated heterocycles. The molecule has 1 heterocycles. The molecular formula is C16H25N3O. The van der Waals surface area contributed by atoms with Crippen LogP contribution in [0.15, 0.2) is 30.3 Å². The summed E-state index contributed by atoms with van der Waals surface area (Å²) >= 11 is 0. The summed E-state index contributed by atoms with van der Waals surface area (Å²) in [6.07, 6.45) is 0.972. The maximum Gasteiger partial charge on any atom is 0.315 e. The molecule has 1 unspecified atom stereocenters. The summed E-state index contributed by atoms with van der Waals surface area (Å²) < 4.78 is 0. The maximum atomic E-state index is 11.9. The summed E-state index contributed by atoms with van der Waals surface area (Å²) in [5, 5.41) is 0. The zero-order valence-electron chi connectivity index (χ0n) is 12.7. The lowest BCUT2D eigenvalue weighted by Gasteiger charge is -2.47. The minimum absolute atomic E-state index is 0.0524. The van der Waals surface area contributed by atoms with Crippen molar-refractivity contribution in [2.45, 2.75) is 32.9 Å². The first-order chi connectivity index (χ1) is 9.40. The number of nitrogens with zero attached hydrogens (tertiary/aromatic N) is 2. The van der Waals surface area contributed by atoms with E-state index in [0.29, 0.717) is 6.54 Å². The van der Waals surface area contributed by atoms with Gasteiger partial charge in [0, 0.05) is 19.1 Å². The molecule has 0 radical (unpaired) electrons. The Bertz CT molecular complexity index is 458. The van der Waals surface area contributed by atoms with Crippen molar-refractivity contribution in [3.63, 3.8) is 0 Å². The molecule has 1 atom stereocenters. The molecule has 0 aromatic heterocycles. The Hall–Kier alpha value is -1.55. The molecule has 4 heteroatoms. The zero-order valence-corrected chi connectivity index (χ0v) is 12.7. The molecule has 20 heavy (non-hydrogen) atoms. The number of piperidine rings is 1. The van der Waals surface area contributed by atoms with Gasteiger partial charge in [-0.15, -0.1) is 0 Å². The van der Waals surface area contributed by atoms with Crippen LogP contribution in [0.5, 0.6) is 0 Å². The molecule has 2 rings (SSSR count). The van der Waals surface area contributed by atoms with Crippen LogP contribution < -0.4 is 5.73 Å². The lowest BCUT2D eigenvalue weighted by molar-refractivity contribution is 0.0329. The van der Waals surface area contributed by atoms with Gasteiger partial charge >= 0.3 is 6.03 Å². The van der Waals surface area contributed by atoms with Gasteiger partial charge in [-0.3, -0.25) is 0 Å². The number of amides is 2. The van der Waals surface area contributed by atoms with Gasteiger partial charge in [0.25, 0.3) is 0 Å². The van der Waals surface area contributed by atoms with E-state index in [0.717, 1.165) is 25.1 Å². The van der Waals surface area contributed by atoms with E-state index in [2.05, 4.69) is 25.8 Å². The van der Waals surface area contributed by atoms with E-state index in [4.69, 9.17) is 5.73 Å². The van der Waals surface area contributed by atoms with Gasteiger partial charge in [-0.25, -0.2) is 4.79 Å². The standard InChI is InChI=1S/C16H25N3O/c1-16(2)12-18(3)10-9-14(16)19(15(17)20)11-13-7-5-4-6-8-13/h4-8,14H,9-12H2,1-3H3,(H2,17,20). The number of urea groups is 1. The Morgan fingerprint density at radius 3 is 2.60 bits per heavy atom. The molecule has 1 aliphatic heterocycles. The van der Waals surface area contributed by atoms with E-state index in [1.807, 2.05) is 35.2 Å². The highest BCUT2D eigenvalue weighted by Crippen LogP contribution is 2.33. The van der Waals surface area contributed by atoms with E-state index in [1.165, 1.54) is 0 Å². The van der Waals surface area contributed by atoms with Crippen molar-refractivity contribution in [2.24, 2.45) is 11.1 Å². The topological polar surface area (TPSA) is 49.6 Å². The van der Waals surface area contributed by atoms with Crippen LogP contribution in [0.4, 0.5) is 4.79 Å². The largest absolute Gasteiger partial charge is 0.351 e. The van der Waals surface area contributed by atoms with E-state index in [1.54, 1.807) is 0 Å². The molecule has 0 spiro atoms. The van der Waals surface area contributed by atoms with Gasteiger partial charge in [0.15, 0.2) is 0 Å². The minimum Gasteiger partial charge on any atom is -0.351 e. The monoisotopic (exact) mass is 275 g/mol. The lowest BCUT2D eigenvalue weighted by Crippen LogP contribution is -2.57. The number of rotatable bonds is 3. The van der Waals surface area contributed by atoms with Crippen molar-refractivity contribution < 1.29 is 4.79 Å². The summed E-state index contributed by atoms with van der Waals surface area (Å²) in [5.74, 6) is 0. The van der Waals surface area contributed by atoms with Crippen molar-refractivity contribution in [2.75, 3.05) is 20.1 Å². The van der Waals surface area contributed by atoms with Gasteiger partial charge in [0.2, 0.25) is 0 Å². The second-order valence-electron chi connectivity index (χ2n) is 6.48. The van der Waals surface area contributed by atoms with E-state index < -0.39 is 0 Å². The SMILES string of the molecule is CN1CCC(N(Cc2ccccc2)C(N)=O)C(C)(C)C1. The van der Waals surface area contributed by atoms with Crippen LogP contribution in [-0.4, -0.2) is 42.0 Å². The summed E-state index contributed by atoms with van der Waals surface area (Å²) in [6.45, 7) is 7.01. The van der Waals surface area contributed by atoms with Gasteiger partial charge in [-0.1, -0.05) is 44.2 Å². The second-order valence-corrected chi connectivity index (χ2v) is 6.48. The third kappa shape index (κ3) is 3.31. The van der Waals surface area contributed by atoms with Crippen molar-refractivity contribution in [1.82, 2.24) is 9.80 Å². The van der Waals surface area contributed by atoms with E-state index in [-0.39, 0.29) is 17.5 Å². The Balaban J connectivity index is 2.18. The number of carbonyl (C=O) groups excluding carboxylic acids is 1. The average molecular weight is 275 g/mol. The molecule has 110 valence electrons. The molecular weight excluding hydrogens is 250 g/mol. The lowest BCUT2D eigenvalue weighted by atomic mass is 9.78. The summed E-state index contributed by atoms with van der Waals surface area (Å²) in [6, 6.07) is 9.92. The molecule has 4 nitrogen and oxygen atoms in total. The van der Waals surface area contributed by atoms with Crippen LogP contribution in [0.1, 0.15) is 25.8 Å². The highest BCUT2D eigenvalue weighted by atomic mass is 16.2. The molecule has 2 amide bonds. The third-order valence-electron chi connectivity index (χ3n) is 4.22. The van der Waals surface area contributed by atoms with Gasteiger partial charge < -0.3 is 15.5 Å². The second kappa shape index (κ2) is 5.83. The Morgan fingerprint density at radius 2 is 2.05 bits per heavy atom. The molecule has 0 bridgehead atoms. The van der Waals surface area contributed by atoms with Crippen LogP contribution in [0.3, 0.4) is 0 Å². The van der Waals surface area contributed by atoms with Crippen LogP contribution in [0.25, 0.3) is 0 Å². The third-order valence-corrected chi connectivity index (χ3v) is 4.22. The number of nitrogens with two attached hydrogens (primary N) is 1. The average Bonchev–Trinajstić information content (AvgIpc) is 2.36. The Morgan fingerprint density at radius 1 is 1.40 bits per heavy atom. The van der Waals surface area contributed by atoms with E-state index >= 15 is 0 Å². The fraction of sp³-hybridized carbons (Fsp3) is 0.562. The van der Waals surface area contributed by atoms with Crippen molar-refractivity contribution in [1.29, 1.82) is 0 Å². The van der Waals surface area contributed by atoms with Crippen molar-refractivity contribution >= 4 is 6.03 Å². The predicted octanol–water partition coefficient (Wildman–Crippen LogP) is 2.30. The van der Waals surface area contributed by atoms with E-state index in [9.17, 15) is 4.79 Å². The first-order valence-electron chi connectivity index (χ1n) is 7.19. The van der Waals surface area contributed by atoms with Crippen LogP contribution in [0, 0.1) is 5.41 Å².